The molecule has 1 rings (SSSR count). The van der Waals surface area contributed by atoms with Gasteiger partial charge in [0.1, 0.15) is 5.75 Å². The van der Waals surface area contributed by atoms with Crippen molar-refractivity contribution in [1.29, 1.82) is 0 Å². The van der Waals surface area contributed by atoms with E-state index < -0.39 is 5.97 Å². The van der Waals surface area contributed by atoms with Crippen LogP contribution < -0.4 is 9.64 Å². The highest BCUT2D eigenvalue weighted by Crippen LogP contribution is 2.21. The average molecular weight is 237 g/mol. The molecule has 17 heavy (non-hydrogen) atoms. The molecule has 0 aliphatic heterocycles. The standard InChI is InChI=1S/C13H19NO3/c1-10(2)14(9-8-13(15)16)11-4-6-12(17-3)7-5-11/h4-7,10H,8-9H2,1-3H3,(H,15,16). The molecule has 0 saturated carbocycles. The molecule has 0 saturated heterocycles. The lowest BCUT2D eigenvalue weighted by Crippen LogP contribution is -2.32. The molecule has 4 heteroatoms. The zero-order valence-corrected chi connectivity index (χ0v) is 10.5. The monoisotopic (exact) mass is 237 g/mol. The summed E-state index contributed by atoms with van der Waals surface area (Å²) in [5.74, 6) is 0.0276. The number of carboxylic acids is 1. The summed E-state index contributed by atoms with van der Waals surface area (Å²) in [6.45, 7) is 4.61. The number of carbonyl (C=O) groups is 1. The molecule has 0 aromatic heterocycles. The van der Waals surface area contributed by atoms with Gasteiger partial charge in [-0.3, -0.25) is 4.79 Å². The minimum absolute atomic E-state index is 0.143. The predicted octanol–water partition coefficient (Wildman–Crippen LogP) is 2.38. The van der Waals surface area contributed by atoms with E-state index in [9.17, 15) is 4.79 Å². The number of ether oxygens (including phenoxy) is 1. The van der Waals surface area contributed by atoms with Gasteiger partial charge in [-0.1, -0.05) is 0 Å². The summed E-state index contributed by atoms with van der Waals surface area (Å²) in [7, 11) is 1.62. The molecular weight excluding hydrogens is 218 g/mol. The van der Waals surface area contributed by atoms with E-state index in [0.717, 1.165) is 11.4 Å². The molecule has 1 aromatic rings. The third kappa shape index (κ3) is 3.98. The van der Waals surface area contributed by atoms with Gasteiger partial charge in [-0.2, -0.15) is 0 Å². The molecule has 0 bridgehead atoms. The van der Waals surface area contributed by atoms with Crippen molar-refractivity contribution in [3.63, 3.8) is 0 Å². The van der Waals surface area contributed by atoms with Crippen molar-refractivity contribution in [3.05, 3.63) is 24.3 Å². The number of benzene rings is 1. The Morgan fingerprint density at radius 1 is 1.35 bits per heavy atom. The van der Waals surface area contributed by atoms with Gasteiger partial charge in [0.15, 0.2) is 0 Å². The number of nitrogens with zero attached hydrogens (tertiary/aromatic N) is 1. The number of carboxylic acid groups (broad SMARTS) is 1. The van der Waals surface area contributed by atoms with Gasteiger partial charge >= 0.3 is 5.97 Å². The first-order valence-electron chi connectivity index (χ1n) is 5.67. The normalized spacial score (nSPS) is 10.4. The highest BCUT2D eigenvalue weighted by atomic mass is 16.5. The minimum Gasteiger partial charge on any atom is -0.497 e. The van der Waals surface area contributed by atoms with Crippen LogP contribution in [0.25, 0.3) is 0 Å². The summed E-state index contributed by atoms with van der Waals surface area (Å²) in [4.78, 5) is 12.7. The first-order chi connectivity index (χ1) is 8.04. The van der Waals surface area contributed by atoms with Gasteiger partial charge in [0.2, 0.25) is 0 Å². The molecule has 0 heterocycles. The Labute approximate surface area is 102 Å². The van der Waals surface area contributed by atoms with Gasteiger partial charge in [0.25, 0.3) is 0 Å². The van der Waals surface area contributed by atoms with Gasteiger partial charge < -0.3 is 14.7 Å². The van der Waals surface area contributed by atoms with Crippen LogP contribution in [0.15, 0.2) is 24.3 Å². The van der Waals surface area contributed by atoms with Gasteiger partial charge in [0, 0.05) is 18.3 Å². The Balaban J connectivity index is 2.78. The molecule has 1 N–H and O–H groups in total. The van der Waals surface area contributed by atoms with E-state index in [-0.39, 0.29) is 12.5 Å². The fourth-order valence-electron chi connectivity index (χ4n) is 1.68. The molecule has 0 amide bonds. The summed E-state index contributed by atoms with van der Waals surface area (Å²) in [6.07, 6.45) is 0.143. The van der Waals surface area contributed by atoms with Crippen LogP contribution in [0.3, 0.4) is 0 Å². The molecular formula is C13H19NO3. The molecule has 0 atom stereocenters. The highest BCUT2D eigenvalue weighted by molar-refractivity contribution is 5.67. The fourth-order valence-corrected chi connectivity index (χ4v) is 1.68. The van der Waals surface area contributed by atoms with Crippen molar-refractivity contribution < 1.29 is 14.6 Å². The number of hydrogen-bond donors (Lipinski definition) is 1. The lowest BCUT2D eigenvalue weighted by Gasteiger charge is -2.28. The lowest BCUT2D eigenvalue weighted by atomic mass is 10.2. The van der Waals surface area contributed by atoms with Crippen molar-refractivity contribution in [2.24, 2.45) is 0 Å². The minimum atomic E-state index is -0.774. The van der Waals surface area contributed by atoms with Crippen LogP contribution >= 0.6 is 0 Å². The van der Waals surface area contributed by atoms with E-state index in [0.29, 0.717) is 6.54 Å². The van der Waals surface area contributed by atoms with Crippen LogP contribution in [0.5, 0.6) is 5.75 Å². The Kier molecular flexibility index (Phi) is 4.82. The van der Waals surface area contributed by atoms with Crippen molar-refractivity contribution in [1.82, 2.24) is 0 Å². The maximum atomic E-state index is 10.6. The van der Waals surface area contributed by atoms with Gasteiger partial charge in [-0.15, -0.1) is 0 Å². The van der Waals surface area contributed by atoms with E-state index in [2.05, 4.69) is 4.90 Å². The second-order valence-corrected chi connectivity index (χ2v) is 4.13. The van der Waals surface area contributed by atoms with E-state index >= 15 is 0 Å². The first-order valence-corrected chi connectivity index (χ1v) is 5.67. The zero-order valence-electron chi connectivity index (χ0n) is 10.5. The molecule has 0 aliphatic carbocycles. The summed E-state index contributed by atoms with van der Waals surface area (Å²) >= 11 is 0. The first kappa shape index (κ1) is 13.4. The highest BCUT2D eigenvalue weighted by Gasteiger charge is 2.12. The number of methoxy groups -OCH3 is 1. The van der Waals surface area contributed by atoms with Crippen LogP contribution in [0.2, 0.25) is 0 Å². The van der Waals surface area contributed by atoms with Crippen LogP contribution in [0, 0.1) is 0 Å². The summed E-state index contributed by atoms with van der Waals surface area (Å²) < 4.78 is 5.09. The smallest absolute Gasteiger partial charge is 0.305 e. The fraction of sp³-hybridized carbons (Fsp3) is 0.462. The number of aliphatic carboxylic acids is 1. The second-order valence-electron chi connectivity index (χ2n) is 4.13. The third-order valence-electron chi connectivity index (χ3n) is 2.59. The SMILES string of the molecule is COc1ccc(N(CCC(=O)O)C(C)C)cc1. The molecule has 4 nitrogen and oxygen atoms in total. The quantitative estimate of drug-likeness (QED) is 0.825. The van der Waals surface area contributed by atoms with Crippen LogP contribution in [-0.2, 0) is 4.79 Å². The Bertz CT molecular complexity index is 359. The maximum absolute atomic E-state index is 10.6. The molecule has 0 unspecified atom stereocenters. The van der Waals surface area contributed by atoms with Gasteiger partial charge in [0.05, 0.1) is 13.5 Å². The maximum Gasteiger partial charge on any atom is 0.305 e. The Morgan fingerprint density at radius 2 is 1.94 bits per heavy atom. The molecule has 0 aliphatic rings. The van der Waals surface area contributed by atoms with Gasteiger partial charge in [-0.05, 0) is 38.1 Å². The average Bonchev–Trinajstić information content (AvgIpc) is 2.29. The summed E-state index contributed by atoms with van der Waals surface area (Å²) in [5, 5.41) is 8.73. The topological polar surface area (TPSA) is 49.8 Å². The zero-order chi connectivity index (χ0) is 12.8. The third-order valence-corrected chi connectivity index (χ3v) is 2.59. The van der Waals surface area contributed by atoms with E-state index in [1.165, 1.54) is 0 Å². The van der Waals surface area contributed by atoms with E-state index in [1.807, 2.05) is 38.1 Å². The second kappa shape index (κ2) is 6.13. The van der Waals surface area contributed by atoms with Crippen LogP contribution in [0.4, 0.5) is 5.69 Å². The van der Waals surface area contributed by atoms with E-state index in [4.69, 9.17) is 9.84 Å². The number of rotatable bonds is 6. The van der Waals surface area contributed by atoms with Crippen LogP contribution in [-0.4, -0.2) is 30.8 Å². The largest absolute Gasteiger partial charge is 0.497 e. The van der Waals surface area contributed by atoms with Crippen molar-refractivity contribution >= 4 is 11.7 Å². The Hall–Kier alpha value is -1.71. The van der Waals surface area contributed by atoms with Crippen molar-refractivity contribution in [2.45, 2.75) is 26.3 Å². The van der Waals surface area contributed by atoms with Crippen molar-refractivity contribution in [2.75, 3.05) is 18.6 Å². The lowest BCUT2D eigenvalue weighted by molar-refractivity contribution is -0.136. The molecule has 94 valence electrons. The molecule has 0 fully saturated rings. The number of anilines is 1. The predicted molar refractivity (Wildman–Crippen MR) is 67.7 cm³/mol. The molecule has 0 radical (unpaired) electrons. The van der Waals surface area contributed by atoms with E-state index in [1.54, 1.807) is 7.11 Å². The molecule has 0 spiro atoms. The number of hydrogen-bond acceptors (Lipinski definition) is 3. The van der Waals surface area contributed by atoms with Crippen molar-refractivity contribution in [3.8, 4) is 5.75 Å². The van der Waals surface area contributed by atoms with Gasteiger partial charge in [-0.25, -0.2) is 0 Å². The molecule has 1 aromatic carbocycles. The summed E-state index contributed by atoms with van der Waals surface area (Å²) in [6, 6.07) is 7.92. The summed E-state index contributed by atoms with van der Waals surface area (Å²) in [5.41, 5.74) is 1.02. The Morgan fingerprint density at radius 3 is 2.35 bits per heavy atom. The van der Waals surface area contributed by atoms with Crippen LogP contribution in [0.1, 0.15) is 20.3 Å².